The molecule has 0 saturated carbocycles. The number of nitro benzene ring substituents is 1. The van der Waals surface area contributed by atoms with E-state index in [0.29, 0.717) is 16.9 Å². The Morgan fingerprint density at radius 2 is 2.00 bits per heavy atom. The molecule has 1 aromatic heterocycles. The standard InChI is InChI=1S/C15H10BrN3O3S/c16-12-5-2-4-11(8-12)14-17-18-15(22-14)23-9-10-3-1-6-13(7-10)19(20)21/h1-8H,9H2. The molecule has 0 aliphatic rings. The maximum atomic E-state index is 10.8. The van der Waals surface area contributed by atoms with E-state index in [1.165, 1.54) is 17.8 Å². The summed E-state index contributed by atoms with van der Waals surface area (Å²) in [5.74, 6) is 0.953. The number of non-ortho nitro benzene ring substituents is 1. The first kappa shape index (κ1) is 15.7. The highest BCUT2D eigenvalue weighted by atomic mass is 79.9. The number of nitro groups is 1. The van der Waals surface area contributed by atoms with Crippen LogP contribution in [-0.4, -0.2) is 15.1 Å². The van der Waals surface area contributed by atoms with Crippen molar-refractivity contribution in [2.45, 2.75) is 11.0 Å². The van der Waals surface area contributed by atoms with Gasteiger partial charge in [0.1, 0.15) is 0 Å². The molecule has 2 aromatic carbocycles. The average Bonchev–Trinajstić information content (AvgIpc) is 3.02. The smallest absolute Gasteiger partial charge is 0.277 e. The van der Waals surface area contributed by atoms with Crippen molar-refractivity contribution in [1.29, 1.82) is 0 Å². The number of benzene rings is 2. The highest BCUT2D eigenvalue weighted by molar-refractivity contribution is 9.10. The van der Waals surface area contributed by atoms with Crippen molar-refractivity contribution in [1.82, 2.24) is 10.2 Å². The first-order valence-corrected chi connectivity index (χ1v) is 8.35. The monoisotopic (exact) mass is 391 g/mol. The number of halogens is 1. The molecule has 1 heterocycles. The second-order valence-corrected chi connectivity index (χ2v) is 6.44. The minimum atomic E-state index is -0.410. The molecular weight excluding hydrogens is 382 g/mol. The molecule has 0 fully saturated rings. The van der Waals surface area contributed by atoms with Crippen LogP contribution < -0.4 is 0 Å². The van der Waals surface area contributed by atoms with E-state index in [-0.39, 0.29) is 5.69 Å². The number of hydrogen-bond acceptors (Lipinski definition) is 6. The van der Waals surface area contributed by atoms with E-state index in [9.17, 15) is 10.1 Å². The predicted octanol–water partition coefficient (Wildman–Crippen LogP) is 4.70. The van der Waals surface area contributed by atoms with Gasteiger partial charge in [-0.1, -0.05) is 45.9 Å². The fraction of sp³-hybridized carbons (Fsp3) is 0.0667. The number of aromatic nitrogens is 2. The van der Waals surface area contributed by atoms with Gasteiger partial charge in [-0.2, -0.15) is 0 Å². The molecule has 23 heavy (non-hydrogen) atoms. The third kappa shape index (κ3) is 3.96. The van der Waals surface area contributed by atoms with E-state index in [4.69, 9.17) is 4.42 Å². The molecule has 0 spiro atoms. The van der Waals surface area contributed by atoms with E-state index < -0.39 is 4.92 Å². The zero-order valence-corrected chi connectivity index (χ0v) is 14.1. The van der Waals surface area contributed by atoms with Crippen molar-refractivity contribution in [3.8, 4) is 11.5 Å². The highest BCUT2D eigenvalue weighted by Gasteiger charge is 2.11. The van der Waals surface area contributed by atoms with Crippen LogP contribution in [0.2, 0.25) is 0 Å². The fourth-order valence-corrected chi connectivity index (χ4v) is 3.02. The summed E-state index contributed by atoms with van der Waals surface area (Å²) in [6.07, 6.45) is 0. The number of rotatable bonds is 5. The Kier molecular flexibility index (Phi) is 4.73. The Labute approximate surface area is 144 Å². The molecule has 0 aliphatic heterocycles. The molecule has 0 aliphatic carbocycles. The Morgan fingerprint density at radius 1 is 1.17 bits per heavy atom. The van der Waals surface area contributed by atoms with E-state index in [1.54, 1.807) is 12.1 Å². The second-order valence-electron chi connectivity index (χ2n) is 4.60. The molecular formula is C15H10BrN3O3S. The van der Waals surface area contributed by atoms with Crippen molar-refractivity contribution in [3.63, 3.8) is 0 Å². The van der Waals surface area contributed by atoms with Crippen LogP contribution >= 0.6 is 27.7 Å². The van der Waals surface area contributed by atoms with E-state index in [0.717, 1.165) is 15.6 Å². The molecule has 0 amide bonds. The lowest BCUT2D eigenvalue weighted by atomic mass is 10.2. The second kappa shape index (κ2) is 6.93. The number of hydrogen-bond donors (Lipinski definition) is 0. The fourth-order valence-electron chi connectivity index (χ4n) is 1.91. The van der Waals surface area contributed by atoms with Crippen molar-refractivity contribution in [3.05, 3.63) is 68.7 Å². The number of thioether (sulfide) groups is 1. The lowest BCUT2D eigenvalue weighted by molar-refractivity contribution is -0.384. The van der Waals surface area contributed by atoms with Gasteiger partial charge < -0.3 is 4.42 Å². The van der Waals surface area contributed by atoms with Gasteiger partial charge in [-0.25, -0.2) is 0 Å². The van der Waals surface area contributed by atoms with Gasteiger partial charge in [0.2, 0.25) is 5.89 Å². The van der Waals surface area contributed by atoms with Crippen LogP contribution in [0.4, 0.5) is 5.69 Å². The molecule has 0 radical (unpaired) electrons. The third-order valence-corrected chi connectivity index (χ3v) is 4.34. The maximum Gasteiger partial charge on any atom is 0.277 e. The maximum absolute atomic E-state index is 10.8. The summed E-state index contributed by atoms with van der Waals surface area (Å²) in [6, 6.07) is 14.1. The Bertz CT molecular complexity index is 853. The van der Waals surface area contributed by atoms with Crippen molar-refractivity contribution >= 4 is 33.4 Å². The molecule has 0 atom stereocenters. The molecule has 0 unspecified atom stereocenters. The van der Waals surface area contributed by atoms with Gasteiger partial charge in [-0.3, -0.25) is 10.1 Å². The molecule has 6 nitrogen and oxygen atoms in total. The Morgan fingerprint density at radius 3 is 2.78 bits per heavy atom. The summed E-state index contributed by atoms with van der Waals surface area (Å²) in [5.41, 5.74) is 1.73. The van der Waals surface area contributed by atoms with Crippen molar-refractivity contribution < 1.29 is 9.34 Å². The molecule has 116 valence electrons. The summed E-state index contributed by atoms with van der Waals surface area (Å²) in [7, 11) is 0. The van der Waals surface area contributed by atoms with Gasteiger partial charge in [-0.05, 0) is 23.8 Å². The quantitative estimate of drug-likeness (QED) is 0.356. The zero-order chi connectivity index (χ0) is 16.2. The molecule has 8 heteroatoms. The third-order valence-electron chi connectivity index (χ3n) is 2.96. The molecule has 0 bridgehead atoms. The largest absolute Gasteiger partial charge is 0.411 e. The van der Waals surface area contributed by atoms with Crippen LogP contribution in [0.25, 0.3) is 11.5 Å². The minimum absolute atomic E-state index is 0.0726. The van der Waals surface area contributed by atoms with E-state index in [2.05, 4.69) is 26.1 Å². The van der Waals surface area contributed by atoms with E-state index >= 15 is 0 Å². The van der Waals surface area contributed by atoms with Crippen LogP contribution in [-0.2, 0) is 5.75 Å². The normalized spacial score (nSPS) is 10.7. The Balaban J connectivity index is 1.70. The lowest BCUT2D eigenvalue weighted by Crippen LogP contribution is -1.89. The first-order valence-electron chi connectivity index (χ1n) is 6.57. The van der Waals surface area contributed by atoms with Crippen molar-refractivity contribution in [2.75, 3.05) is 0 Å². The highest BCUT2D eigenvalue weighted by Crippen LogP contribution is 2.27. The summed E-state index contributed by atoms with van der Waals surface area (Å²) >= 11 is 4.73. The molecule has 0 N–H and O–H groups in total. The van der Waals surface area contributed by atoms with Crippen LogP contribution in [0.15, 0.2) is 62.6 Å². The summed E-state index contributed by atoms with van der Waals surface area (Å²) in [6.45, 7) is 0. The first-order chi connectivity index (χ1) is 11.1. The molecule has 0 saturated heterocycles. The van der Waals surface area contributed by atoms with Gasteiger partial charge >= 0.3 is 0 Å². The van der Waals surface area contributed by atoms with Crippen LogP contribution in [0.3, 0.4) is 0 Å². The van der Waals surface area contributed by atoms with Gasteiger partial charge in [0.05, 0.1) is 4.92 Å². The number of nitrogens with zero attached hydrogens (tertiary/aromatic N) is 3. The SMILES string of the molecule is O=[N+]([O-])c1cccc(CSc2nnc(-c3cccc(Br)c3)o2)c1. The Hall–Kier alpha value is -2.19. The predicted molar refractivity (Wildman–Crippen MR) is 90.1 cm³/mol. The van der Waals surface area contributed by atoms with Crippen molar-refractivity contribution in [2.24, 2.45) is 0 Å². The van der Waals surface area contributed by atoms with Gasteiger partial charge in [0, 0.05) is 27.9 Å². The average molecular weight is 392 g/mol. The summed E-state index contributed by atoms with van der Waals surface area (Å²) < 4.78 is 6.54. The van der Waals surface area contributed by atoms with Gasteiger partial charge in [-0.15, -0.1) is 10.2 Å². The topological polar surface area (TPSA) is 82.1 Å². The van der Waals surface area contributed by atoms with Gasteiger partial charge in [0.15, 0.2) is 0 Å². The van der Waals surface area contributed by atoms with Crippen LogP contribution in [0.5, 0.6) is 0 Å². The van der Waals surface area contributed by atoms with E-state index in [1.807, 2.05) is 30.3 Å². The van der Waals surface area contributed by atoms with Crippen LogP contribution in [0, 0.1) is 10.1 Å². The summed E-state index contributed by atoms with van der Waals surface area (Å²) in [4.78, 5) is 10.4. The molecule has 3 aromatic rings. The lowest BCUT2D eigenvalue weighted by Gasteiger charge is -1.98. The zero-order valence-electron chi connectivity index (χ0n) is 11.7. The molecule has 3 rings (SSSR count). The minimum Gasteiger partial charge on any atom is -0.411 e. The van der Waals surface area contributed by atoms with Crippen LogP contribution in [0.1, 0.15) is 5.56 Å². The van der Waals surface area contributed by atoms with Gasteiger partial charge in [0.25, 0.3) is 10.9 Å². The summed E-state index contributed by atoms with van der Waals surface area (Å²) in [5, 5.41) is 19.2.